The van der Waals surface area contributed by atoms with Crippen molar-refractivity contribution < 1.29 is 8.42 Å². The monoisotopic (exact) mass is 415 g/mol. The van der Waals surface area contributed by atoms with Gasteiger partial charge in [0, 0.05) is 55.0 Å². The van der Waals surface area contributed by atoms with E-state index in [0.717, 1.165) is 47.1 Å². The summed E-state index contributed by atoms with van der Waals surface area (Å²) in [7, 11) is -0.334. The van der Waals surface area contributed by atoms with E-state index in [9.17, 15) is 8.42 Å². The molecular weight excluding hydrogens is 394 g/mol. The topological polar surface area (TPSA) is 53.5 Å². The first-order valence-electron chi connectivity index (χ1n) is 9.20. The van der Waals surface area contributed by atoms with E-state index in [-0.39, 0.29) is 0 Å². The highest BCUT2D eigenvalue weighted by atomic mass is 35.5. The first-order chi connectivity index (χ1) is 13.4. The van der Waals surface area contributed by atoms with E-state index in [1.807, 2.05) is 30.3 Å². The molecule has 3 aromatic rings. The third-order valence-corrected chi connectivity index (χ3v) is 7.38. The Kier molecular flexibility index (Phi) is 5.04. The molecule has 0 bridgehead atoms. The van der Waals surface area contributed by atoms with Gasteiger partial charge in [0.25, 0.3) is 0 Å². The van der Waals surface area contributed by atoms with Gasteiger partial charge in [0.1, 0.15) is 0 Å². The maximum Gasteiger partial charge on any atom is 0.242 e. The quantitative estimate of drug-likeness (QED) is 0.644. The van der Waals surface area contributed by atoms with Crippen molar-refractivity contribution in [2.24, 2.45) is 0 Å². The largest absolute Gasteiger partial charge is 0.367 e. The molecule has 0 atom stereocenters. The number of fused-ring (bicyclic) bond motifs is 2. The highest BCUT2D eigenvalue weighted by Gasteiger charge is 2.23. The fourth-order valence-electron chi connectivity index (χ4n) is 3.71. The van der Waals surface area contributed by atoms with Crippen LogP contribution in [0.4, 0.5) is 5.69 Å². The molecule has 4 rings (SSSR count). The predicted molar refractivity (Wildman–Crippen MR) is 113 cm³/mol. The average molecular weight is 416 g/mol. The summed E-state index contributed by atoms with van der Waals surface area (Å²) in [5, 5.41) is 1.76. The van der Waals surface area contributed by atoms with Crippen molar-refractivity contribution in [3.05, 3.63) is 64.8 Å². The molecule has 0 fully saturated rings. The van der Waals surface area contributed by atoms with Crippen molar-refractivity contribution in [2.45, 2.75) is 24.3 Å². The van der Waals surface area contributed by atoms with Gasteiger partial charge in [-0.1, -0.05) is 23.7 Å². The molecular formula is C21H22ClN3O2S. The second kappa shape index (κ2) is 7.35. The molecule has 2 aromatic carbocycles. The molecule has 28 heavy (non-hydrogen) atoms. The Morgan fingerprint density at radius 2 is 2.00 bits per heavy atom. The van der Waals surface area contributed by atoms with Crippen LogP contribution in [0.3, 0.4) is 0 Å². The van der Waals surface area contributed by atoms with Crippen molar-refractivity contribution in [1.82, 2.24) is 9.29 Å². The first-order valence-corrected chi connectivity index (χ1v) is 11.0. The lowest BCUT2D eigenvalue weighted by Gasteiger charge is -2.32. The number of hydrogen-bond donors (Lipinski definition) is 0. The van der Waals surface area contributed by atoms with Crippen LogP contribution in [0.2, 0.25) is 5.02 Å². The SMILES string of the molecule is CN(C)S(=O)(=O)c1ccc2c(c1)CCCN2Cc1c(Cl)ccc2cccnc12. The molecule has 0 saturated carbocycles. The van der Waals surface area contributed by atoms with E-state index >= 15 is 0 Å². The summed E-state index contributed by atoms with van der Waals surface area (Å²) in [5.74, 6) is 0. The van der Waals surface area contributed by atoms with Gasteiger partial charge in [-0.05, 0) is 48.7 Å². The van der Waals surface area contributed by atoms with Gasteiger partial charge in [0.05, 0.1) is 10.4 Å². The Morgan fingerprint density at radius 1 is 1.18 bits per heavy atom. The van der Waals surface area contributed by atoms with Crippen LogP contribution >= 0.6 is 11.6 Å². The van der Waals surface area contributed by atoms with Crippen molar-refractivity contribution >= 4 is 38.2 Å². The number of hydrogen-bond acceptors (Lipinski definition) is 4. The van der Waals surface area contributed by atoms with Gasteiger partial charge in [0.15, 0.2) is 0 Å². The minimum atomic E-state index is -3.44. The standard InChI is InChI=1S/C21H22ClN3O2S/c1-24(2)28(26,27)17-8-10-20-16(13-17)6-4-12-25(20)14-18-19(22)9-7-15-5-3-11-23-21(15)18/h3,5,7-11,13H,4,6,12,14H2,1-2H3. The third-order valence-electron chi connectivity index (χ3n) is 5.22. The smallest absolute Gasteiger partial charge is 0.242 e. The van der Waals surface area contributed by atoms with Gasteiger partial charge in [-0.15, -0.1) is 0 Å². The van der Waals surface area contributed by atoms with Crippen LogP contribution in [-0.4, -0.2) is 38.3 Å². The lowest BCUT2D eigenvalue weighted by Crippen LogP contribution is -2.29. The summed E-state index contributed by atoms with van der Waals surface area (Å²) >= 11 is 6.52. The Morgan fingerprint density at radius 3 is 2.79 bits per heavy atom. The fourth-order valence-corrected chi connectivity index (χ4v) is 4.87. The molecule has 1 aromatic heterocycles. The Balaban J connectivity index is 1.73. The van der Waals surface area contributed by atoms with Crippen molar-refractivity contribution in [3.8, 4) is 0 Å². The molecule has 146 valence electrons. The molecule has 0 aliphatic carbocycles. The molecule has 1 aliphatic rings. The van der Waals surface area contributed by atoms with E-state index in [2.05, 4.69) is 9.88 Å². The Bertz CT molecular complexity index is 1150. The number of rotatable bonds is 4. The summed E-state index contributed by atoms with van der Waals surface area (Å²) in [6.07, 6.45) is 3.61. The van der Waals surface area contributed by atoms with E-state index < -0.39 is 10.0 Å². The average Bonchev–Trinajstić information content (AvgIpc) is 2.69. The third kappa shape index (κ3) is 3.36. The molecule has 0 amide bonds. The zero-order valence-corrected chi connectivity index (χ0v) is 17.5. The molecule has 0 unspecified atom stereocenters. The van der Waals surface area contributed by atoms with Crippen LogP contribution in [0.1, 0.15) is 17.5 Å². The van der Waals surface area contributed by atoms with Gasteiger partial charge in [0.2, 0.25) is 10.0 Å². The van der Waals surface area contributed by atoms with Gasteiger partial charge in [-0.3, -0.25) is 4.98 Å². The number of nitrogens with zero attached hydrogens (tertiary/aromatic N) is 3. The van der Waals surface area contributed by atoms with Gasteiger partial charge < -0.3 is 4.90 Å². The first kappa shape index (κ1) is 19.2. The van der Waals surface area contributed by atoms with Crippen LogP contribution in [0, 0.1) is 0 Å². The summed E-state index contributed by atoms with van der Waals surface area (Å²) in [6, 6.07) is 13.3. The summed E-state index contributed by atoms with van der Waals surface area (Å²) in [6.45, 7) is 1.53. The summed E-state index contributed by atoms with van der Waals surface area (Å²) < 4.78 is 26.2. The lowest BCUT2D eigenvalue weighted by molar-refractivity contribution is 0.520. The zero-order valence-electron chi connectivity index (χ0n) is 15.9. The minimum Gasteiger partial charge on any atom is -0.367 e. The van der Waals surface area contributed by atoms with Gasteiger partial charge in [-0.2, -0.15) is 0 Å². The highest BCUT2D eigenvalue weighted by molar-refractivity contribution is 7.89. The van der Waals surface area contributed by atoms with Crippen LogP contribution in [0.5, 0.6) is 0 Å². The molecule has 0 spiro atoms. The number of anilines is 1. The van der Waals surface area contributed by atoms with Crippen LogP contribution in [0.25, 0.3) is 10.9 Å². The van der Waals surface area contributed by atoms with E-state index in [0.29, 0.717) is 16.5 Å². The van der Waals surface area contributed by atoms with Gasteiger partial charge >= 0.3 is 0 Å². The molecule has 7 heteroatoms. The number of sulfonamides is 1. The number of pyridine rings is 1. The zero-order chi connectivity index (χ0) is 19.9. The minimum absolute atomic E-state index is 0.336. The fraction of sp³-hybridized carbons (Fsp3) is 0.286. The molecule has 0 N–H and O–H groups in total. The number of aryl methyl sites for hydroxylation is 1. The molecule has 5 nitrogen and oxygen atoms in total. The normalized spacial score (nSPS) is 14.5. The molecule has 0 radical (unpaired) electrons. The van der Waals surface area contributed by atoms with Crippen LogP contribution < -0.4 is 4.90 Å². The second-order valence-corrected chi connectivity index (χ2v) is 9.76. The second-order valence-electron chi connectivity index (χ2n) is 7.20. The van der Waals surface area contributed by atoms with Crippen molar-refractivity contribution in [2.75, 3.05) is 25.5 Å². The maximum absolute atomic E-state index is 12.5. The lowest BCUT2D eigenvalue weighted by atomic mass is 10.0. The van der Waals surface area contributed by atoms with Crippen LogP contribution in [0.15, 0.2) is 53.6 Å². The van der Waals surface area contributed by atoms with Crippen molar-refractivity contribution in [3.63, 3.8) is 0 Å². The molecule has 2 heterocycles. The van der Waals surface area contributed by atoms with E-state index in [1.165, 1.54) is 4.31 Å². The number of halogens is 1. The number of aromatic nitrogens is 1. The number of benzene rings is 2. The van der Waals surface area contributed by atoms with E-state index in [4.69, 9.17) is 11.6 Å². The Hall–Kier alpha value is -2.15. The predicted octanol–water partition coefficient (Wildman–Crippen LogP) is 4.09. The molecule has 1 aliphatic heterocycles. The van der Waals surface area contributed by atoms with Gasteiger partial charge in [-0.25, -0.2) is 12.7 Å². The highest BCUT2D eigenvalue weighted by Crippen LogP contribution is 2.33. The van der Waals surface area contributed by atoms with Crippen molar-refractivity contribution in [1.29, 1.82) is 0 Å². The van der Waals surface area contributed by atoms with E-state index in [1.54, 1.807) is 32.4 Å². The Labute approximate surface area is 170 Å². The molecule has 0 saturated heterocycles. The van der Waals surface area contributed by atoms with Crippen LogP contribution in [-0.2, 0) is 23.0 Å². The summed E-state index contributed by atoms with van der Waals surface area (Å²) in [4.78, 5) is 7.13. The summed E-state index contributed by atoms with van der Waals surface area (Å²) in [5.41, 5.74) is 4.03. The maximum atomic E-state index is 12.5.